The van der Waals surface area contributed by atoms with Crippen LogP contribution in [0.4, 0.5) is 17.3 Å². The number of rotatable bonds is 3. The van der Waals surface area contributed by atoms with Crippen molar-refractivity contribution in [3.8, 4) is 11.3 Å². The molecule has 1 saturated heterocycles. The van der Waals surface area contributed by atoms with Crippen LogP contribution in [0.5, 0.6) is 0 Å². The highest BCUT2D eigenvalue weighted by atomic mass is 15.2. The van der Waals surface area contributed by atoms with Crippen LogP contribution < -0.4 is 16.0 Å². The van der Waals surface area contributed by atoms with Crippen molar-refractivity contribution in [3.63, 3.8) is 0 Å². The summed E-state index contributed by atoms with van der Waals surface area (Å²) in [6.07, 6.45) is 8.05. The maximum atomic E-state index is 5.91. The summed E-state index contributed by atoms with van der Waals surface area (Å²) in [5.41, 5.74) is 10.7. The molecule has 0 aliphatic carbocycles. The molecule has 3 N–H and O–H groups in total. The van der Waals surface area contributed by atoms with Crippen molar-refractivity contribution in [2.75, 3.05) is 29.0 Å². The van der Waals surface area contributed by atoms with Gasteiger partial charge in [-0.2, -0.15) is 0 Å². The smallest absolute Gasteiger partial charge is 0.150 e. The molecule has 3 aromatic rings. The maximum absolute atomic E-state index is 5.91. The molecule has 1 fully saturated rings. The zero-order valence-electron chi connectivity index (χ0n) is 15.0. The zero-order chi connectivity index (χ0) is 18.2. The van der Waals surface area contributed by atoms with E-state index in [2.05, 4.69) is 37.3 Å². The van der Waals surface area contributed by atoms with Crippen LogP contribution in [0.1, 0.15) is 24.2 Å². The highest BCUT2D eigenvalue weighted by molar-refractivity contribution is 5.74. The van der Waals surface area contributed by atoms with Gasteiger partial charge in [0, 0.05) is 55.4 Å². The van der Waals surface area contributed by atoms with Gasteiger partial charge < -0.3 is 16.0 Å². The molecular formula is C20H21N7. The summed E-state index contributed by atoms with van der Waals surface area (Å²) in [6, 6.07) is 8.80. The summed E-state index contributed by atoms with van der Waals surface area (Å²) >= 11 is 0. The van der Waals surface area contributed by atoms with Crippen LogP contribution in [0.3, 0.4) is 0 Å². The maximum Gasteiger partial charge on any atom is 0.150 e. The van der Waals surface area contributed by atoms with Crippen LogP contribution in [0.2, 0.25) is 0 Å². The number of nitrogens with zero attached hydrogens (tertiary/aromatic N) is 5. The third-order valence-electron chi connectivity index (χ3n) is 5.24. The molecule has 2 aliphatic rings. The van der Waals surface area contributed by atoms with Crippen molar-refractivity contribution in [3.05, 3.63) is 54.2 Å². The molecule has 136 valence electrons. The number of aromatic nitrogens is 4. The van der Waals surface area contributed by atoms with Crippen LogP contribution >= 0.6 is 0 Å². The molecular weight excluding hydrogens is 338 g/mol. The summed E-state index contributed by atoms with van der Waals surface area (Å²) < 4.78 is 0. The van der Waals surface area contributed by atoms with Crippen molar-refractivity contribution >= 4 is 17.3 Å². The first-order valence-corrected chi connectivity index (χ1v) is 9.29. The molecule has 7 heteroatoms. The van der Waals surface area contributed by atoms with Crippen LogP contribution in [0.25, 0.3) is 11.3 Å². The van der Waals surface area contributed by atoms with Crippen LogP contribution in [-0.4, -0.2) is 39.1 Å². The largest absolute Gasteiger partial charge is 0.382 e. The van der Waals surface area contributed by atoms with Gasteiger partial charge in [0.05, 0.1) is 17.1 Å². The van der Waals surface area contributed by atoms with Gasteiger partial charge >= 0.3 is 0 Å². The fourth-order valence-corrected chi connectivity index (χ4v) is 3.90. The van der Waals surface area contributed by atoms with Gasteiger partial charge in [0.25, 0.3) is 0 Å². The van der Waals surface area contributed by atoms with Crippen LogP contribution in [-0.2, 0) is 6.42 Å². The molecule has 0 radical (unpaired) electrons. The lowest BCUT2D eigenvalue weighted by molar-refractivity contribution is 0.516. The second-order valence-corrected chi connectivity index (χ2v) is 7.09. The molecule has 0 amide bonds. The average Bonchev–Trinajstić information content (AvgIpc) is 2.70. The Morgan fingerprint density at radius 2 is 2.04 bits per heavy atom. The number of pyridine rings is 2. The van der Waals surface area contributed by atoms with Crippen molar-refractivity contribution < 1.29 is 0 Å². The fourth-order valence-electron chi connectivity index (χ4n) is 3.90. The van der Waals surface area contributed by atoms with Crippen molar-refractivity contribution in [2.45, 2.75) is 25.3 Å². The van der Waals surface area contributed by atoms with E-state index >= 15 is 0 Å². The van der Waals surface area contributed by atoms with Gasteiger partial charge in [-0.1, -0.05) is 0 Å². The predicted molar refractivity (Wildman–Crippen MR) is 106 cm³/mol. The Morgan fingerprint density at radius 3 is 2.96 bits per heavy atom. The number of hydrogen-bond acceptors (Lipinski definition) is 7. The van der Waals surface area contributed by atoms with E-state index in [9.17, 15) is 0 Å². The fraction of sp³-hybridized carbons (Fsp3) is 0.300. The Balaban J connectivity index is 1.45. The molecule has 0 spiro atoms. The van der Waals surface area contributed by atoms with Gasteiger partial charge in [-0.3, -0.25) is 9.97 Å². The van der Waals surface area contributed by atoms with Gasteiger partial charge in [0.15, 0.2) is 5.82 Å². The lowest BCUT2D eigenvalue weighted by Crippen LogP contribution is -2.46. The number of anilines is 3. The first-order chi connectivity index (χ1) is 13.3. The van der Waals surface area contributed by atoms with Crippen molar-refractivity contribution in [1.29, 1.82) is 0 Å². The molecule has 2 aliphatic heterocycles. The van der Waals surface area contributed by atoms with Gasteiger partial charge in [-0.15, -0.1) is 0 Å². The molecule has 5 rings (SSSR count). The summed E-state index contributed by atoms with van der Waals surface area (Å²) in [4.78, 5) is 20.2. The first-order valence-electron chi connectivity index (χ1n) is 9.29. The zero-order valence-corrected chi connectivity index (χ0v) is 15.0. The Kier molecular flexibility index (Phi) is 3.85. The average molecular weight is 359 g/mol. The minimum Gasteiger partial charge on any atom is -0.382 e. The van der Waals surface area contributed by atoms with Gasteiger partial charge in [-0.05, 0) is 37.1 Å². The van der Waals surface area contributed by atoms with Crippen LogP contribution in [0.15, 0.2) is 42.9 Å². The quantitative estimate of drug-likeness (QED) is 0.742. The van der Waals surface area contributed by atoms with Gasteiger partial charge in [0.1, 0.15) is 5.82 Å². The topological polar surface area (TPSA) is 92.8 Å². The highest BCUT2D eigenvalue weighted by Crippen LogP contribution is 2.35. The van der Waals surface area contributed by atoms with E-state index in [-0.39, 0.29) is 0 Å². The van der Waals surface area contributed by atoms with E-state index in [0.29, 0.717) is 18.3 Å². The lowest BCUT2D eigenvalue weighted by Gasteiger charge is -2.40. The second kappa shape index (κ2) is 6.50. The lowest BCUT2D eigenvalue weighted by atomic mass is 10.0. The summed E-state index contributed by atoms with van der Waals surface area (Å²) in [5.74, 6) is 1.43. The molecule has 3 aromatic heterocycles. The van der Waals surface area contributed by atoms with Crippen LogP contribution in [0, 0.1) is 0 Å². The Hall–Kier alpha value is -3.22. The summed E-state index contributed by atoms with van der Waals surface area (Å²) in [7, 11) is 0. The number of nitrogens with two attached hydrogens (primary N) is 1. The summed E-state index contributed by atoms with van der Waals surface area (Å²) in [5, 5.41) is 3.60. The van der Waals surface area contributed by atoms with E-state index in [0.717, 1.165) is 41.6 Å². The van der Waals surface area contributed by atoms with E-state index in [1.54, 1.807) is 12.4 Å². The minimum atomic E-state index is 0.446. The van der Waals surface area contributed by atoms with Gasteiger partial charge in [-0.25, -0.2) is 9.97 Å². The molecule has 0 aromatic carbocycles. The molecule has 5 heterocycles. The third-order valence-corrected chi connectivity index (χ3v) is 5.24. The molecule has 1 atom stereocenters. The Labute approximate surface area is 157 Å². The third kappa shape index (κ3) is 3.05. The first kappa shape index (κ1) is 16.0. The van der Waals surface area contributed by atoms with Crippen molar-refractivity contribution in [2.24, 2.45) is 0 Å². The highest BCUT2D eigenvalue weighted by Gasteiger charge is 2.28. The van der Waals surface area contributed by atoms with E-state index in [1.165, 1.54) is 18.5 Å². The number of fused-ring (bicyclic) bond motifs is 4. The monoisotopic (exact) mass is 359 g/mol. The van der Waals surface area contributed by atoms with E-state index in [1.807, 2.05) is 18.3 Å². The van der Waals surface area contributed by atoms with E-state index in [4.69, 9.17) is 10.7 Å². The Bertz CT molecular complexity index is 988. The number of nitrogen functional groups attached to an aromatic ring is 1. The molecule has 0 unspecified atom stereocenters. The van der Waals surface area contributed by atoms with E-state index < -0.39 is 0 Å². The molecule has 7 nitrogen and oxygen atoms in total. The van der Waals surface area contributed by atoms with Gasteiger partial charge in [0.2, 0.25) is 0 Å². The molecule has 27 heavy (non-hydrogen) atoms. The SMILES string of the molecule is Nc1nccnc1Cc1cc(-c2ccc3c(n2)N[C@H]2CCCN3C2)ccn1. The normalized spacial score (nSPS) is 17.9. The second-order valence-electron chi connectivity index (χ2n) is 7.09. The minimum absolute atomic E-state index is 0.446. The predicted octanol–water partition coefficient (Wildman–Crippen LogP) is 2.50. The number of piperidine rings is 1. The number of nitrogens with one attached hydrogen (secondary N) is 1. The molecule has 0 saturated carbocycles. The number of hydrogen-bond donors (Lipinski definition) is 2. The van der Waals surface area contributed by atoms with Crippen molar-refractivity contribution in [1.82, 2.24) is 19.9 Å². The Morgan fingerprint density at radius 1 is 1.11 bits per heavy atom. The standard InChI is InChI=1S/C20H21N7/c21-19-17(23-7-8-24-19)11-15-10-13(5-6-22-15)16-3-4-18-20(26-16)25-14-2-1-9-27(18)12-14/h3-8,10,14H,1-2,9,11-12H2,(H2,21,24)(H,25,26)/t14-/m0/s1. The molecule has 2 bridgehead atoms. The summed E-state index contributed by atoms with van der Waals surface area (Å²) in [6.45, 7) is 2.19.